The van der Waals surface area contributed by atoms with Crippen molar-refractivity contribution in [3.63, 3.8) is 0 Å². The number of nitrogens with zero attached hydrogens (tertiary/aromatic N) is 2. The van der Waals surface area contributed by atoms with Gasteiger partial charge in [-0.2, -0.15) is 0 Å². The van der Waals surface area contributed by atoms with E-state index < -0.39 is 20.7 Å². The monoisotopic (exact) mass is 274 g/mol. The van der Waals surface area contributed by atoms with Gasteiger partial charge in [0.15, 0.2) is 5.03 Å². The van der Waals surface area contributed by atoms with Gasteiger partial charge >= 0.3 is 0 Å². The van der Waals surface area contributed by atoms with E-state index in [2.05, 4.69) is 10.2 Å². The molecule has 1 atom stereocenters. The summed E-state index contributed by atoms with van der Waals surface area (Å²) in [4.78, 5) is 0. The number of aliphatic hydroxyl groups is 1. The smallest absolute Gasteiger partial charge is 0.233 e. The first-order chi connectivity index (χ1) is 8.11. The Balaban J connectivity index is 3.52. The molecule has 0 saturated carbocycles. The summed E-state index contributed by atoms with van der Waals surface area (Å²) in [5, 5.41) is 16.8. The highest BCUT2D eigenvalue weighted by atomic mass is 32.2. The third-order valence-electron chi connectivity index (χ3n) is 2.49. The molecule has 0 fully saturated rings. The average molecular weight is 274 g/mol. The van der Waals surface area contributed by atoms with E-state index in [0.717, 1.165) is 0 Å². The fourth-order valence-corrected chi connectivity index (χ4v) is 2.54. The van der Waals surface area contributed by atoms with Crippen LogP contribution in [0.2, 0.25) is 0 Å². The predicted molar refractivity (Wildman–Crippen MR) is 66.2 cm³/mol. The molecular weight excluding hydrogens is 256 g/mol. The minimum Gasteiger partial charge on any atom is -0.480 e. The maximum Gasteiger partial charge on any atom is 0.233 e. The van der Waals surface area contributed by atoms with E-state index in [1.165, 1.54) is 20.1 Å². The van der Waals surface area contributed by atoms with Gasteiger partial charge in [0.2, 0.25) is 15.7 Å². The zero-order chi connectivity index (χ0) is 14.1. The Morgan fingerprint density at radius 1 is 1.33 bits per heavy atom. The van der Waals surface area contributed by atoms with Gasteiger partial charge in [0.1, 0.15) is 0 Å². The van der Waals surface area contributed by atoms with Crippen molar-refractivity contribution in [2.45, 2.75) is 43.6 Å². The van der Waals surface area contributed by atoms with Crippen molar-refractivity contribution in [3.05, 3.63) is 11.6 Å². The fraction of sp³-hybridized carbons (Fsp3) is 0.636. The summed E-state index contributed by atoms with van der Waals surface area (Å²) < 4.78 is 28.5. The number of ether oxygens (including phenoxy) is 1. The highest BCUT2D eigenvalue weighted by molar-refractivity contribution is 7.92. The van der Waals surface area contributed by atoms with E-state index in [4.69, 9.17) is 4.74 Å². The Labute approximate surface area is 107 Å². The molecule has 0 aliphatic heterocycles. The van der Waals surface area contributed by atoms with E-state index in [9.17, 15) is 13.5 Å². The van der Waals surface area contributed by atoms with Gasteiger partial charge in [0, 0.05) is 11.6 Å². The van der Waals surface area contributed by atoms with Gasteiger partial charge in [0.25, 0.3) is 0 Å². The van der Waals surface area contributed by atoms with Crippen LogP contribution in [0, 0.1) is 0 Å². The minimum absolute atomic E-state index is 0.166. The third kappa shape index (κ3) is 2.62. The zero-order valence-electron chi connectivity index (χ0n) is 11.1. The van der Waals surface area contributed by atoms with Crippen LogP contribution >= 0.6 is 0 Å². The van der Waals surface area contributed by atoms with Gasteiger partial charge in [-0.25, -0.2) is 8.42 Å². The SMILES string of the molecule is COc1cc(C(C)O)c(S(=O)(=O)C(C)(C)C)nn1. The quantitative estimate of drug-likeness (QED) is 0.888. The average Bonchev–Trinajstić information content (AvgIpc) is 2.26. The minimum atomic E-state index is -3.67. The summed E-state index contributed by atoms with van der Waals surface area (Å²) in [5.74, 6) is 0.166. The maximum absolute atomic E-state index is 12.3. The maximum atomic E-state index is 12.3. The van der Waals surface area contributed by atoms with Crippen molar-refractivity contribution < 1.29 is 18.3 Å². The Kier molecular flexibility index (Phi) is 3.97. The molecule has 7 heteroatoms. The lowest BCUT2D eigenvalue weighted by Crippen LogP contribution is -2.30. The number of rotatable bonds is 3. The molecule has 1 rings (SSSR count). The molecule has 6 nitrogen and oxygen atoms in total. The first-order valence-electron chi connectivity index (χ1n) is 5.45. The van der Waals surface area contributed by atoms with E-state index in [0.29, 0.717) is 0 Å². The summed E-state index contributed by atoms with van der Waals surface area (Å²) in [6.07, 6.45) is -0.971. The van der Waals surface area contributed by atoms with E-state index in [-0.39, 0.29) is 16.5 Å². The van der Waals surface area contributed by atoms with Gasteiger partial charge in [-0.3, -0.25) is 0 Å². The largest absolute Gasteiger partial charge is 0.480 e. The van der Waals surface area contributed by atoms with Crippen molar-refractivity contribution >= 4 is 9.84 Å². The third-order valence-corrected chi connectivity index (χ3v) is 4.92. The first-order valence-corrected chi connectivity index (χ1v) is 6.94. The van der Waals surface area contributed by atoms with Crippen LogP contribution in [0.15, 0.2) is 11.1 Å². The molecule has 0 saturated heterocycles. The molecule has 0 aliphatic rings. The molecule has 0 aromatic carbocycles. The molecule has 1 unspecified atom stereocenters. The summed E-state index contributed by atoms with van der Waals surface area (Å²) in [6, 6.07) is 1.39. The topological polar surface area (TPSA) is 89.4 Å². The second-order valence-electron chi connectivity index (χ2n) is 4.94. The van der Waals surface area contributed by atoms with Crippen molar-refractivity contribution in [1.29, 1.82) is 0 Å². The molecule has 1 aromatic heterocycles. The summed E-state index contributed by atoms with van der Waals surface area (Å²) >= 11 is 0. The Bertz CT molecular complexity index is 532. The Morgan fingerprint density at radius 3 is 2.28 bits per heavy atom. The molecule has 1 heterocycles. The van der Waals surface area contributed by atoms with Crippen LogP contribution in [0.4, 0.5) is 0 Å². The summed E-state index contributed by atoms with van der Waals surface area (Å²) in [5.41, 5.74) is 0.191. The standard InChI is InChI=1S/C11H18N2O4S/c1-7(14)8-6-9(17-5)12-13-10(8)18(15,16)11(2,3)4/h6-7,14H,1-5H3. The molecule has 0 spiro atoms. The van der Waals surface area contributed by atoms with Gasteiger partial charge in [-0.05, 0) is 27.7 Å². The highest BCUT2D eigenvalue weighted by Gasteiger charge is 2.35. The molecule has 1 N–H and O–H groups in total. The lowest BCUT2D eigenvalue weighted by molar-refractivity contribution is 0.193. The van der Waals surface area contributed by atoms with Crippen molar-refractivity contribution in [3.8, 4) is 5.88 Å². The number of hydrogen-bond donors (Lipinski definition) is 1. The molecule has 0 aliphatic carbocycles. The second kappa shape index (κ2) is 4.81. The van der Waals surface area contributed by atoms with Crippen LogP contribution < -0.4 is 4.74 Å². The molecule has 0 amide bonds. The van der Waals surface area contributed by atoms with Crippen LogP contribution in [0.3, 0.4) is 0 Å². The van der Waals surface area contributed by atoms with Crippen LogP contribution in [0.1, 0.15) is 39.4 Å². The number of hydrogen-bond acceptors (Lipinski definition) is 6. The van der Waals surface area contributed by atoms with E-state index in [1.54, 1.807) is 20.8 Å². The lowest BCUT2D eigenvalue weighted by atomic mass is 10.2. The van der Waals surface area contributed by atoms with Crippen LogP contribution in [-0.2, 0) is 9.84 Å². The van der Waals surface area contributed by atoms with E-state index >= 15 is 0 Å². The number of sulfone groups is 1. The van der Waals surface area contributed by atoms with Crippen molar-refractivity contribution in [2.75, 3.05) is 7.11 Å². The molecule has 0 radical (unpaired) electrons. The lowest BCUT2D eigenvalue weighted by Gasteiger charge is -2.20. The molecule has 18 heavy (non-hydrogen) atoms. The highest BCUT2D eigenvalue weighted by Crippen LogP contribution is 2.29. The normalized spacial score (nSPS) is 14.3. The van der Waals surface area contributed by atoms with Crippen molar-refractivity contribution in [2.24, 2.45) is 0 Å². The molecule has 0 bridgehead atoms. The summed E-state index contributed by atoms with van der Waals surface area (Å²) in [6.45, 7) is 6.18. The van der Waals surface area contributed by atoms with Crippen molar-refractivity contribution in [1.82, 2.24) is 10.2 Å². The Morgan fingerprint density at radius 2 is 1.89 bits per heavy atom. The van der Waals surface area contributed by atoms with Gasteiger partial charge in [-0.1, -0.05) is 0 Å². The molecule has 102 valence electrons. The van der Waals surface area contributed by atoms with Gasteiger partial charge in [-0.15, -0.1) is 10.2 Å². The summed E-state index contributed by atoms with van der Waals surface area (Å²) in [7, 11) is -2.27. The first kappa shape index (κ1) is 14.8. The number of aromatic nitrogens is 2. The fourth-order valence-electron chi connectivity index (χ4n) is 1.27. The molecular formula is C11H18N2O4S. The van der Waals surface area contributed by atoms with Gasteiger partial charge in [0.05, 0.1) is 18.0 Å². The van der Waals surface area contributed by atoms with Crippen LogP contribution in [0.5, 0.6) is 5.88 Å². The number of aliphatic hydroxyl groups excluding tert-OH is 1. The second-order valence-corrected chi connectivity index (χ2v) is 7.56. The van der Waals surface area contributed by atoms with Crippen LogP contribution in [-0.4, -0.2) is 35.6 Å². The van der Waals surface area contributed by atoms with E-state index in [1.807, 2.05) is 0 Å². The molecule has 1 aromatic rings. The van der Waals surface area contributed by atoms with Crippen LogP contribution in [0.25, 0.3) is 0 Å². The Hall–Kier alpha value is -1.21. The number of methoxy groups -OCH3 is 1. The zero-order valence-corrected chi connectivity index (χ0v) is 11.9. The predicted octanol–water partition coefficient (Wildman–Crippen LogP) is 1.11. The van der Waals surface area contributed by atoms with Gasteiger partial charge < -0.3 is 9.84 Å².